The summed E-state index contributed by atoms with van der Waals surface area (Å²) in [6, 6.07) is 2.02. The van der Waals surface area contributed by atoms with Gasteiger partial charge < -0.3 is 14.4 Å². The average Bonchev–Trinajstić information content (AvgIpc) is 2.19. The first-order valence-corrected chi connectivity index (χ1v) is 4.86. The van der Waals surface area contributed by atoms with E-state index < -0.39 is 0 Å². The minimum atomic E-state index is -0.213. The van der Waals surface area contributed by atoms with Gasteiger partial charge in [0.25, 0.3) is 0 Å². The van der Waals surface area contributed by atoms with Crippen LogP contribution >= 0.6 is 0 Å². The first-order valence-electron chi connectivity index (χ1n) is 4.86. The zero-order valence-electron chi connectivity index (χ0n) is 11.3. The second-order valence-corrected chi connectivity index (χ2v) is 3.63. The van der Waals surface area contributed by atoms with Crippen molar-refractivity contribution >= 4 is 0 Å². The van der Waals surface area contributed by atoms with Crippen LogP contribution in [0.25, 0.3) is 0 Å². The number of allylic oxidation sites excluding steroid dienone is 1. The predicted molar refractivity (Wildman–Crippen MR) is 64.6 cm³/mol. The van der Waals surface area contributed by atoms with Gasteiger partial charge in [-0.3, -0.25) is 4.90 Å². The molecular weight excluding hydrogens is 206 g/mol. The lowest BCUT2D eigenvalue weighted by Gasteiger charge is -2.19. The summed E-state index contributed by atoms with van der Waals surface area (Å²) in [7, 11) is 10.8. The maximum atomic E-state index is 8.24. The van der Waals surface area contributed by atoms with Crippen LogP contribution in [0.5, 0.6) is 0 Å². The van der Waals surface area contributed by atoms with Crippen LogP contribution in [0.15, 0.2) is 11.8 Å². The largest absolute Gasteiger partial charge is 0.383 e. The SMILES string of the molecule is C/C(C#N)=C\N(C)C.COC(OC)N(C)C. The van der Waals surface area contributed by atoms with Gasteiger partial charge in [0, 0.05) is 40.1 Å². The van der Waals surface area contributed by atoms with Gasteiger partial charge >= 0.3 is 0 Å². The molecule has 0 unspecified atom stereocenters. The van der Waals surface area contributed by atoms with Crippen LogP contribution in [0, 0.1) is 11.3 Å². The highest BCUT2D eigenvalue weighted by atomic mass is 16.7. The van der Waals surface area contributed by atoms with Crippen molar-refractivity contribution in [3.05, 3.63) is 11.8 Å². The molecule has 0 aliphatic rings. The van der Waals surface area contributed by atoms with Crippen molar-refractivity contribution < 1.29 is 9.47 Å². The molecule has 0 rings (SSSR count). The van der Waals surface area contributed by atoms with Crippen LogP contribution in [-0.2, 0) is 9.47 Å². The zero-order chi connectivity index (χ0) is 13.1. The minimum absolute atomic E-state index is 0.213. The van der Waals surface area contributed by atoms with E-state index in [1.54, 1.807) is 27.3 Å². The number of methoxy groups -OCH3 is 2. The van der Waals surface area contributed by atoms with E-state index in [1.165, 1.54) is 0 Å². The fourth-order valence-electron chi connectivity index (χ4n) is 0.934. The molecule has 0 saturated carbocycles. The van der Waals surface area contributed by atoms with Gasteiger partial charge in [-0.25, -0.2) is 0 Å². The molecule has 0 aliphatic heterocycles. The lowest BCUT2D eigenvalue weighted by molar-refractivity contribution is -0.179. The summed E-state index contributed by atoms with van der Waals surface area (Å²) < 4.78 is 9.73. The second kappa shape index (κ2) is 10.4. The Labute approximate surface area is 98.8 Å². The Morgan fingerprint density at radius 1 is 1.19 bits per heavy atom. The Hall–Kier alpha value is -1.09. The van der Waals surface area contributed by atoms with Crippen molar-refractivity contribution in [2.75, 3.05) is 42.4 Å². The average molecular weight is 229 g/mol. The van der Waals surface area contributed by atoms with Crippen LogP contribution in [0.3, 0.4) is 0 Å². The molecule has 0 N–H and O–H groups in total. The highest BCUT2D eigenvalue weighted by molar-refractivity contribution is 5.15. The van der Waals surface area contributed by atoms with Gasteiger partial charge in [0.1, 0.15) is 0 Å². The van der Waals surface area contributed by atoms with E-state index in [-0.39, 0.29) is 6.41 Å². The fourth-order valence-corrected chi connectivity index (χ4v) is 0.934. The predicted octanol–water partition coefficient (Wildman–Crippen LogP) is 1.10. The summed E-state index contributed by atoms with van der Waals surface area (Å²) in [5, 5.41) is 8.24. The molecule has 0 aromatic carbocycles. The van der Waals surface area contributed by atoms with E-state index in [4.69, 9.17) is 14.7 Å². The van der Waals surface area contributed by atoms with Crippen molar-refractivity contribution in [1.82, 2.24) is 9.80 Å². The summed E-state index contributed by atoms with van der Waals surface area (Å²) in [6.45, 7) is 1.78. The van der Waals surface area contributed by atoms with E-state index in [1.807, 2.05) is 44.1 Å². The van der Waals surface area contributed by atoms with Gasteiger partial charge in [-0.2, -0.15) is 5.26 Å². The maximum absolute atomic E-state index is 8.24. The molecule has 0 bridgehead atoms. The Bertz CT molecular complexity index is 228. The van der Waals surface area contributed by atoms with E-state index in [2.05, 4.69) is 0 Å². The molecule has 5 nitrogen and oxygen atoms in total. The van der Waals surface area contributed by atoms with Crippen molar-refractivity contribution in [2.24, 2.45) is 0 Å². The molecule has 0 aromatic heterocycles. The molecule has 0 aliphatic carbocycles. The maximum Gasteiger partial charge on any atom is 0.217 e. The van der Waals surface area contributed by atoms with Crippen LogP contribution < -0.4 is 0 Å². The molecular formula is C11H23N3O2. The van der Waals surface area contributed by atoms with Crippen LogP contribution in [0.4, 0.5) is 0 Å². The number of rotatable bonds is 4. The van der Waals surface area contributed by atoms with E-state index in [0.29, 0.717) is 0 Å². The van der Waals surface area contributed by atoms with Gasteiger partial charge in [0.15, 0.2) is 0 Å². The molecule has 16 heavy (non-hydrogen) atoms. The number of hydrogen-bond acceptors (Lipinski definition) is 5. The monoisotopic (exact) mass is 229 g/mol. The molecule has 0 aromatic rings. The third-order valence-corrected chi connectivity index (χ3v) is 1.45. The summed E-state index contributed by atoms with van der Waals surface area (Å²) in [6.07, 6.45) is 1.56. The van der Waals surface area contributed by atoms with Crippen molar-refractivity contribution in [2.45, 2.75) is 13.3 Å². The summed E-state index contributed by atoms with van der Waals surface area (Å²) in [5.41, 5.74) is 0.731. The van der Waals surface area contributed by atoms with Crippen LogP contribution in [0.1, 0.15) is 6.92 Å². The van der Waals surface area contributed by atoms with E-state index in [0.717, 1.165) is 5.57 Å². The van der Waals surface area contributed by atoms with Crippen molar-refractivity contribution in [3.8, 4) is 6.07 Å². The molecule has 0 spiro atoms. The molecule has 0 atom stereocenters. The van der Waals surface area contributed by atoms with Crippen molar-refractivity contribution in [3.63, 3.8) is 0 Å². The highest BCUT2D eigenvalue weighted by Crippen LogP contribution is 1.91. The molecule has 94 valence electrons. The molecule has 0 radical (unpaired) electrons. The minimum Gasteiger partial charge on any atom is -0.383 e. The Kier molecular flexibility index (Phi) is 11.3. The summed E-state index contributed by atoms with van der Waals surface area (Å²) in [4.78, 5) is 3.68. The Morgan fingerprint density at radius 2 is 1.62 bits per heavy atom. The normalized spacial score (nSPS) is 10.9. The topological polar surface area (TPSA) is 48.7 Å². The number of ether oxygens (including phenoxy) is 2. The van der Waals surface area contributed by atoms with Gasteiger partial charge in [-0.15, -0.1) is 0 Å². The quantitative estimate of drug-likeness (QED) is 0.533. The molecule has 0 heterocycles. The van der Waals surface area contributed by atoms with Gasteiger partial charge in [-0.1, -0.05) is 0 Å². The van der Waals surface area contributed by atoms with E-state index in [9.17, 15) is 0 Å². The number of hydrogen-bond donors (Lipinski definition) is 0. The lowest BCUT2D eigenvalue weighted by atomic mass is 10.4. The Morgan fingerprint density at radius 3 is 1.69 bits per heavy atom. The molecule has 0 fully saturated rings. The van der Waals surface area contributed by atoms with Gasteiger partial charge in [0.2, 0.25) is 6.41 Å². The fraction of sp³-hybridized carbons (Fsp3) is 0.727. The molecule has 0 amide bonds. The first-order chi connectivity index (χ1) is 7.38. The Balaban J connectivity index is 0. The van der Waals surface area contributed by atoms with Gasteiger partial charge in [-0.05, 0) is 21.0 Å². The summed E-state index contributed by atoms with van der Waals surface area (Å²) in [5.74, 6) is 0. The summed E-state index contributed by atoms with van der Waals surface area (Å²) >= 11 is 0. The first kappa shape index (κ1) is 17.3. The highest BCUT2D eigenvalue weighted by Gasteiger charge is 2.04. The number of nitrogens with zero attached hydrogens (tertiary/aromatic N) is 3. The van der Waals surface area contributed by atoms with Crippen molar-refractivity contribution in [1.29, 1.82) is 5.26 Å². The van der Waals surface area contributed by atoms with E-state index >= 15 is 0 Å². The number of nitriles is 1. The second-order valence-electron chi connectivity index (χ2n) is 3.63. The molecule has 0 saturated heterocycles. The standard InChI is InChI=1S/C6H10N2.C5H13NO2/c1-6(4-7)5-8(2)3;1-6(2)5(7-3)8-4/h5H,1-3H3;5H,1-4H3/b6-5+;. The van der Waals surface area contributed by atoms with Gasteiger partial charge in [0.05, 0.1) is 6.07 Å². The third-order valence-electron chi connectivity index (χ3n) is 1.45. The van der Waals surface area contributed by atoms with Crippen LogP contribution in [0.2, 0.25) is 0 Å². The molecule has 5 heteroatoms. The lowest BCUT2D eigenvalue weighted by Crippen LogP contribution is -2.30. The zero-order valence-corrected chi connectivity index (χ0v) is 11.3. The third kappa shape index (κ3) is 11.0. The smallest absolute Gasteiger partial charge is 0.217 e. The van der Waals surface area contributed by atoms with Crippen LogP contribution in [-0.4, -0.2) is 58.6 Å².